The summed E-state index contributed by atoms with van der Waals surface area (Å²) in [6.45, 7) is 4.38. The highest BCUT2D eigenvalue weighted by Gasteiger charge is 2.29. The second-order valence-electron chi connectivity index (χ2n) is 7.12. The van der Waals surface area contributed by atoms with Crippen molar-refractivity contribution >= 4 is 38.8 Å². The summed E-state index contributed by atoms with van der Waals surface area (Å²) in [5.41, 5.74) is 2.59. The highest BCUT2D eigenvalue weighted by atomic mass is 28.4. The minimum absolute atomic E-state index is 1.29. The van der Waals surface area contributed by atoms with Crippen LogP contribution < -0.4 is 20.7 Å². The Balaban J connectivity index is 1.83. The van der Waals surface area contributed by atoms with Gasteiger partial charge < -0.3 is 4.12 Å². The third kappa shape index (κ3) is 4.48. The SMILES string of the molecule is Cc1ccccc1[Si](O[Si](c1ccccc1)c1ccccc1C)c1ccccc1. The summed E-state index contributed by atoms with van der Waals surface area (Å²) in [4.78, 5) is 0. The zero-order valence-corrected chi connectivity index (χ0v) is 18.8. The van der Waals surface area contributed by atoms with E-state index in [1.165, 1.54) is 31.9 Å². The minimum atomic E-state index is -1.39. The maximum atomic E-state index is 7.16. The van der Waals surface area contributed by atoms with Gasteiger partial charge in [0.05, 0.1) is 0 Å². The van der Waals surface area contributed by atoms with Crippen LogP contribution in [0.15, 0.2) is 109 Å². The Kier molecular flexibility index (Phi) is 6.20. The predicted molar refractivity (Wildman–Crippen MR) is 126 cm³/mol. The second-order valence-corrected chi connectivity index (χ2v) is 11.5. The molecule has 0 unspecified atom stereocenters. The third-order valence-electron chi connectivity index (χ3n) is 5.06. The standard InChI is InChI=1S/C26H24OSi2/c1-21-13-9-11-19-25(21)28(23-15-5-3-6-16-23)27-29(24-17-7-4-8-18-24)26-20-12-10-14-22(26)2/h3-20H,1-2H3. The largest absolute Gasteiger partial charge is 0.442 e. The molecule has 29 heavy (non-hydrogen) atoms. The van der Waals surface area contributed by atoms with Crippen LogP contribution in [0.25, 0.3) is 0 Å². The van der Waals surface area contributed by atoms with E-state index in [0.29, 0.717) is 0 Å². The van der Waals surface area contributed by atoms with Gasteiger partial charge in [-0.05, 0) is 45.7 Å². The molecule has 0 amide bonds. The van der Waals surface area contributed by atoms with Crippen LogP contribution in [0.4, 0.5) is 0 Å². The molecule has 2 radical (unpaired) electrons. The molecule has 1 nitrogen and oxygen atoms in total. The van der Waals surface area contributed by atoms with Crippen LogP contribution in [0.5, 0.6) is 0 Å². The normalized spacial score (nSPS) is 11.2. The van der Waals surface area contributed by atoms with E-state index in [2.05, 4.69) is 123 Å². The van der Waals surface area contributed by atoms with Crippen LogP contribution in [0, 0.1) is 13.8 Å². The van der Waals surface area contributed by atoms with Gasteiger partial charge in [-0.25, -0.2) is 0 Å². The average molecular weight is 409 g/mol. The molecule has 0 aromatic heterocycles. The average Bonchev–Trinajstić information content (AvgIpc) is 2.77. The molecule has 0 bridgehead atoms. The molecular weight excluding hydrogens is 384 g/mol. The van der Waals surface area contributed by atoms with Crippen LogP contribution in [0.1, 0.15) is 11.1 Å². The second kappa shape index (κ2) is 9.18. The Hall–Kier alpha value is -2.73. The first-order valence-electron chi connectivity index (χ1n) is 9.88. The van der Waals surface area contributed by atoms with E-state index < -0.39 is 18.1 Å². The Bertz CT molecular complexity index is 977. The summed E-state index contributed by atoms with van der Waals surface area (Å²) in [5, 5.41) is 5.24. The van der Waals surface area contributed by atoms with Crippen LogP contribution in [0.2, 0.25) is 0 Å². The molecule has 0 aliphatic carbocycles. The van der Waals surface area contributed by atoms with E-state index in [1.807, 2.05) is 0 Å². The van der Waals surface area contributed by atoms with Gasteiger partial charge in [0.2, 0.25) is 0 Å². The van der Waals surface area contributed by atoms with Gasteiger partial charge in [0.1, 0.15) is 0 Å². The van der Waals surface area contributed by atoms with Crippen molar-refractivity contribution in [3.8, 4) is 0 Å². The van der Waals surface area contributed by atoms with Crippen molar-refractivity contribution in [2.45, 2.75) is 13.8 Å². The van der Waals surface area contributed by atoms with Crippen molar-refractivity contribution < 1.29 is 4.12 Å². The molecule has 0 fully saturated rings. The van der Waals surface area contributed by atoms with Gasteiger partial charge in [-0.15, -0.1) is 0 Å². The number of benzene rings is 4. The van der Waals surface area contributed by atoms with E-state index in [4.69, 9.17) is 4.12 Å². The highest BCUT2D eigenvalue weighted by molar-refractivity contribution is 6.92. The van der Waals surface area contributed by atoms with Crippen molar-refractivity contribution in [1.29, 1.82) is 0 Å². The molecular formula is C26H24OSi2. The molecule has 0 saturated carbocycles. The fourth-order valence-electron chi connectivity index (χ4n) is 3.48. The van der Waals surface area contributed by atoms with Crippen molar-refractivity contribution in [2.24, 2.45) is 0 Å². The Morgan fingerprint density at radius 1 is 0.448 bits per heavy atom. The number of hydrogen-bond acceptors (Lipinski definition) is 1. The molecule has 0 N–H and O–H groups in total. The maximum absolute atomic E-state index is 7.16. The Morgan fingerprint density at radius 3 is 1.17 bits per heavy atom. The summed E-state index contributed by atoms with van der Waals surface area (Å²) in [5.74, 6) is 0. The van der Waals surface area contributed by atoms with Crippen molar-refractivity contribution in [1.82, 2.24) is 0 Å². The lowest BCUT2D eigenvalue weighted by Crippen LogP contribution is -2.56. The highest BCUT2D eigenvalue weighted by Crippen LogP contribution is 2.05. The lowest BCUT2D eigenvalue weighted by molar-refractivity contribution is 0.632. The Morgan fingerprint density at radius 2 is 0.793 bits per heavy atom. The van der Waals surface area contributed by atoms with Gasteiger partial charge in [-0.3, -0.25) is 0 Å². The summed E-state index contributed by atoms with van der Waals surface area (Å²) >= 11 is 0. The zero-order chi connectivity index (χ0) is 20.1. The van der Waals surface area contributed by atoms with E-state index in [9.17, 15) is 0 Å². The van der Waals surface area contributed by atoms with E-state index in [-0.39, 0.29) is 0 Å². The number of rotatable bonds is 6. The lowest BCUT2D eigenvalue weighted by Gasteiger charge is -2.25. The van der Waals surface area contributed by atoms with Gasteiger partial charge >= 0.3 is 0 Å². The minimum Gasteiger partial charge on any atom is -0.442 e. The van der Waals surface area contributed by atoms with Gasteiger partial charge in [-0.1, -0.05) is 109 Å². The fraction of sp³-hybridized carbons (Fsp3) is 0.0769. The molecule has 0 atom stereocenters. The summed E-state index contributed by atoms with van der Waals surface area (Å²) < 4.78 is 7.16. The molecule has 3 heteroatoms. The van der Waals surface area contributed by atoms with Crippen LogP contribution in [0.3, 0.4) is 0 Å². The quantitative estimate of drug-likeness (QED) is 0.445. The molecule has 0 saturated heterocycles. The van der Waals surface area contributed by atoms with Gasteiger partial charge in [-0.2, -0.15) is 0 Å². The third-order valence-corrected chi connectivity index (χ3v) is 10.5. The van der Waals surface area contributed by atoms with Crippen LogP contribution in [-0.4, -0.2) is 18.1 Å². The smallest absolute Gasteiger partial charge is 0.272 e. The molecule has 0 aliphatic heterocycles. The van der Waals surface area contributed by atoms with Crippen LogP contribution in [-0.2, 0) is 4.12 Å². The van der Waals surface area contributed by atoms with Crippen molar-refractivity contribution in [3.63, 3.8) is 0 Å². The summed E-state index contributed by atoms with van der Waals surface area (Å²) in [6, 6.07) is 38.8. The molecule has 4 rings (SSSR count). The summed E-state index contributed by atoms with van der Waals surface area (Å²) in [7, 11) is -2.79. The van der Waals surface area contributed by atoms with Crippen molar-refractivity contribution in [3.05, 3.63) is 120 Å². The van der Waals surface area contributed by atoms with E-state index in [1.54, 1.807) is 0 Å². The first-order chi connectivity index (χ1) is 14.2. The molecule has 4 aromatic carbocycles. The topological polar surface area (TPSA) is 9.23 Å². The van der Waals surface area contributed by atoms with Gasteiger partial charge in [0.25, 0.3) is 18.1 Å². The van der Waals surface area contributed by atoms with Gasteiger partial charge in [0, 0.05) is 0 Å². The van der Waals surface area contributed by atoms with E-state index in [0.717, 1.165) is 0 Å². The number of aryl methyl sites for hydroxylation is 2. The fourth-order valence-corrected chi connectivity index (χ4v) is 9.10. The first-order valence-corrected chi connectivity index (χ1v) is 12.7. The maximum Gasteiger partial charge on any atom is 0.272 e. The van der Waals surface area contributed by atoms with E-state index >= 15 is 0 Å². The predicted octanol–water partition coefficient (Wildman–Crippen LogP) is 3.23. The van der Waals surface area contributed by atoms with Crippen LogP contribution >= 0.6 is 0 Å². The Labute approximate surface area is 177 Å². The monoisotopic (exact) mass is 408 g/mol. The molecule has 142 valence electrons. The lowest BCUT2D eigenvalue weighted by atomic mass is 10.2. The number of hydrogen-bond donors (Lipinski definition) is 0. The first kappa shape index (κ1) is 19.6. The molecule has 0 aliphatic rings. The molecule has 0 heterocycles. The molecule has 4 aromatic rings. The zero-order valence-electron chi connectivity index (χ0n) is 16.8. The molecule has 0 spiro atoms. The van der Waals surface area contributed by atoms with Crippen molar-refractivity contribution in [2.75, 3.05) is 0 Å². The summed E-state index contributed by atoms with van der Waals surface area (Å²) in [6.07, 6.45) is 0. The van der Waals surface area contributed by atoms with Gasteiger partial charge in [0.15, 0.2) is 0 Å².